The van der Waals surface area contributed by atoms with Crippen molar-refractivity contribution >= 4 is 28.3 Å². The molecule has 0 bridgehead atoms. The van der Waals surface area contributed by atoms with Crippen LogP contribution in [0.1, 0.15) is 52.5 Å². The molecule has 1 unspecified atom stereocenters. The molecule has 1 saturated carbocycles. The Bertz CT molecular complexity index is 1200. The third-order valence-electron chi connectivity index (χ3n) is 5.47. The number of nitrogens with one attached hydrogen (secondary N) is 1. The number of hydrogen-bond donors (Lipinski definition) is 2. The minimum atomic E-state index is -1.31. The summed E-state index contributed by atoms with van der Waals surface area (Å²) in [6.07, 6.45) is 3.13. The second-order valence-corrected chi connectivity index (χ2v) is 8.66. The lowest BCUT2D eigenvalue weighted by Gasteiger charge is -2.19. The van der Waals surface area contributed by atoms with E-state index in [-0.39, 0.29) is 22.7 Å². The first-order chi connectivity index (χ1) is 13.4. The first-order valence-corrected chi connectivity index (χ1v) is 10.1. The molecule has 1 fully saturated rings. The van der Waals surface area contributed by atoms with E-state index < -0.39 is 17.2 Å². The van der Waals surface area contributed by atoms with Gasteiger partial charge in [0.25, 0.3) is 0 Å². The van der Waals surface area contributed by atoms with E-state index in [4.69, 9.17) is 0 Å². The third-order valence-corrected chi connectivity index (χ3v) is 6.63. The number of hydrogen-bond acceptors (Lipinski definition) is 5. The van der Waals surface area contributed by atoms with Crippen molar-refractivity contribution in [2.45, 2.75) is 38.3 Å². The molecule has 6 nitrogen and oxygen atoms in total. The van der Waals surface area contributed by atoms with Crippen LogP contribution in [0.4, 0.5) is 4.39 Å². The number of halogens is 1. The van der Waals surface area contributed by atoms with Gasteiger partial charge in [0.15, 0.2) is 5.82 Å². The van der Waals surface area contributed by atoms with Crippen molar-refractivity contribution in [2.75, 3.05) is 6.54 Å². The molecule has 0 aromatic carbocycles. The molecule has 3 aromatic heterocycles. The average molecular weight is 399 g/mol. The van der Waals surface area contributed by atoms with Crippen LogP contribution >= 0.6 is 11.3 Å². The molecule has 5 rings (SSSR count). The zero-order valence-electron chi connectivity index (χ0n) is 15.2. The van der Waals surface area contributed by atoms with Gasteiger partial charge in [-0.1, -0.05) is 6.92 Å². The van der Waals surface area contributed by atoms with Crippen LogP contribution in [-0.4, -0.2) is 27.2 Å². The van der Waals surface area contributed by atoms with Gasteiger partial charge in [-0.3, -0.25) is 4.79 Å². The van der Waals surface area contributed by atoms with Crippen molar-refractivity contribution in [3.8, 4) is 10.6 Å². The summed E-state index contributed by atoms with van der Waals surface area (Å²) in [6.45, 7) is 3.77. The van der Waals surface area contributed by atoms with Crippen LogP contribution < -0.4 is 10.7 Å². The van der Waals surface area contributed by atoms with Crippen LogP contribution in [0.2, 0.25) is 0 Å². The fourth-order valence-electron chi connectivity index (χ4n) is 3.83. The largest absolute Gasteiger partial charge is 0.477 e. The maximum atomic E-state index is 15.0. The summed E-state index contributed by atoms with van der Waals surface area (Å²) in [7, 11) is 0. The number of thiophene rings is 1. The van der Waals surface area contributed by atoms with E-state index in [1.54, 1.807) is 4.57 Å². The Balaban J connectivity index is 1.75. The molecule has 1 aliphatic heterocycles. The normalized spacial score (nSPS) is 19.0. The number of pyridine rings is 2. The lowest BCUT2D eigenvalue weighted by molar-refractivity contribution is 0.0695. The third kappa shape index (κ3) is 2.67. The molecule has 0 saturated heterocycles. The molecule has 1 atom stereocenters. The van der Waals surface area contributed by atoms with Gasteiger partial charge in [-0.15, -0.1) is 11.3 Å². The molecule has 28 heavy (non-hydrogen) atoms. The molecule has 8 heteroatoms. The van der Waals surface area contributed by atoms with Crippen molar-refractivity contribution < 1.29 is 14.3 Å². The van der Waals surface area contributed by atoms with Gasteiger partial charge in [-0.05, 0) is 36.5 Å². The van der Waals surface area contributed by atoms with Crippen molar-refractivity contribution in [3.63, 3.8) is 0 Å². The van der Waals surface area contributed by atoms with E-state index in [9.17, 15) is 19.1 Å². The summed E-state index contributed by atoms with van der Waals surface area (Å²) in [5.41, 5.74) is 0.740. The topological polar surface area (TPSA) is 84.2 Å². The Morgan fingerprint density at radius 3 is 2.86 bits per heavy atom. The van der Waals surface area contributed by atoms with Crippen LogP contribution in [0.3, 0.4) is 0 Å². The van der Waals surface area contributed by atoms with E-state index in [0.29, 0.717) is 11.6 Å². The molecule has 144 valence electrons. The van der Waals surface area contributed by atoms with Gasteiger partial charge in [0.1, 0.15) is 16.9 Å². The van der Waals surface area contributed by atoms with Crippen molar-refractivity contribution in [1.82, 2.24) is 14.9 Å². The number of fused-ring (bicyclic) bond motifs is 2. The van der Waals surface area contributed by atoms with Crippen LogP contribution in [0.5, 0.6) is 0 Å². The van der Waals surface area contributed by atoms with Crippen molar-refractivity contribution in [3.05, 3.63) is 50.4 Å². The smallest absolute Gasteiger partial charge is 0.341 e. The summed E-state index contributed by atoms with van der Waals surface area (Å²) in [6, 6.07) is 3.24. The molecule has 3 aromatic rings. The van der Waals surface area contributed by atoms with Gasteiger partial charge in [-0.25, -0.2) is 14.2 Å². The summed E-state index contributed by atoms with van der Waals surface area (Å²) in [5, 5.41) is 12.7. The van der Waals surface area contributed by atoms with Crippen molar-refractivity contribution in [2.24, 2.45) is 0 Å². The van der Waals surface area contributed by atoms with Crippen LogP contribution in [0.25, 0.3) is 21.6 Å². The minimum Gasteiger partial charge on any atom is -0.477 e. The number of carboxylic acid groups (broad SMARTS) is 1. The van der Waals surface area contributed by atoms with Gasteiger partial charge in [-0.2, -0.15) is 0 Å². The lowest BCUT2D eigenvalue weighted by Crippen LogP contribution is -2.24. The Kier molecular flexibility index (Phi) is 3.89. The second-order valence-electron chi connectivity index (χ2n) is 7.53. The Morgan fingerprint density at radius 1 is 1.39 bits per heavy atom. The molecular weight excluding hydrogens is 381 g/mol. The van der Waals surface area contributed by atoms with E-state index in [2.05, 4.69) is 17.2 Å². The van der Waals surface area contributed by atoms with Crippen LogP contribution in [0.15, 0.2) is 23.1 Å². The van der Waals surface area contributed by atoms with Gasteiger partial charge in [0.2, 0.25) is 5.43 Å². The highest BCUT2D eigenvalue weighted by Crippen LogP contribution is 2.39. The quantitative estimate of drug-likeness (QED) is 0.704. The molecule has 2 aliphatic rings. The zero-order valence-corrected chi connectivity index (χ0v) is 16.0. The van der Waals surface area contributed by atoms with E-state index in [0.717, 1.165) is 36.9 Å². The highest BCUT2D eigenvalue weighted by Gasteiger charge is 2.29. The average Bonchev–Trinajstić information content (AvgIpc) is 3.40. The van der Waals surface area contributed by atoms with E-state index in [1.807, 2.05) is 6.07 Å². The molecule has 4 heterocycles. The lowest BCUT2D eigenvalue weighted by atomic mass is 9.98. The first-order valence-electron chi connectivity index (χ1n) is 9.26. The zero-order chi connectivity index (χ0) is 19.6. The Morgan fingerprint density at radius 2 is 2.18 bits per heavy atom. The molecular formula is C20H18FN3O3S. The van der Waals surface area contributed by atoms with Crippen LogP contribution in [0, 0.1) is 5.82 Å². The maximum absolute atomic E-state index is 15.0. The number of rotatable bonds is 3. The maximum Gasteiger partial charge on any atom is 0.341 e. The predicted octanol–water partition coefficient (Wildman–Crippen LogP) is 3.50. The van der Waals surface area contributed by atoms with Crippen molar-refractivity contribution in [1.29, 1.82) is 0 Å². The number of carboxylic acids is 1. The highest BCUT2D eigenvalue weighted by atomic mass is 32.1. The molecule has 0 radical (unpaired) electrons. The highest BCUT2D eigenvalue weighted by molar-refractivity contribution is 7.15. The van der Waals surface area contributed by atoms with E-state index in [1.165, 1.54) is 28.0 Å². The van der Waals surface area contributed by atoms with Gasteiger partial charge >= 0.3 is 5.97 Å². The van der Waals surface area contributed by atoms with E-state index >= 15 is 0 Å². The number of aromatic nitrogens is 2. The van der Waals surface area contributed by atoms with Gasteiger partial charge < -0.3 is 15.0 Å². The Labute approximate surface area is 163 Å². The minimum absolute atomic E-state index is 0.0180. The fourth-order valence-corrected chi connectivity index (χ4v) is 5.07. The molecule has 1 aliphatic carbocycles. The summed E-state index contributed by atoms with van der Waals surface area (Å²) in [5.74, 6) is -1.56. The summed E-state index contributed by atoms with van der Waals surface area (Å²) < 4.78 is 16.7. The molecule has 0 spiro atoms. The standard InChI is InChI=1S/C20H18FN3O3S/c1-9-6-22-7-16-11(9)5-15(28-16)17-14(21)4-12-18(25)13(20(26)27)8-24(10-2-3-10)19(12)23-17/h4-5,8-10,22H,2-3,6-7H2,1H3,(H,26,27). The number of nitrogens with zero attached hydrogens (tertiary/aromatic N) is 2. The number of carbonyl (C=O) groups is 1. The molecule has 2 N–H and O–H groups in total. The van der Waals surface area contributed by atoms with Crippen LogP contribution in [-0.2, 0) is 6.54 Å². The summed E-state index contributed by atoms with van der Waals surface area (Å²) >= 11 is 1.51. The number of aromatic carboxylic acids is 1. The molecule has 0 amide bonds. The SMILES string of the molecule is CC1CNCc2sc(-c3nc4c(cc3F)c(=O)c(C(=O)O)cn4C3CC3)cc21. The Hall–Kier alpha value is -2.58. The predicted molar refractivity (Wildman–Crippen MR) is 105 cm³/mol. The van der Waals surface area contributed by atoms with Gasteiger partial charge in [0, 0.05) is 30.2 Å². The van der Waals surface area contributed by atoms with Gasteiger partial charge in [0.05, 0.1) is 10.3 Å². The second kappa shape index (κ2) is 6.22. The summed E-state index contributed by atoms with van der Waals surface area (Å²) in [4.78, 5) is 30.4. The fraction of sp³-hybridized carbons (Fsp3) is 0.350. The first kappa shape index (κ1) is 17.5. The monoisotopic (exact) mass is 399 g/mol.